The van der Waals surface area contributed by atoms with Gasteiger partial charge in [0.05, 0.1) is 11.4 Å². The largest absolute Gasteiger partial charge is 0.396 e. The lowest BCUT2D eigenvalue weighted by atomic mass is 10.1. The Bertz CT molecular complexity index is 373. The molecule has 1 rings (SSSR count). The van der Waals surface area contributed by atoms with Crippen molar-refractivity contribution >= 4 is 11.5 Å². The second-order valence-electron chi connectivity index (χ2n) is 5.24. The summed E-state index contributed by atoms with van der Waals surface area (Å²) >= 11 is 0. The molecule has 1 aromatic rings. The van der Waals surface area contributed by atoms with Gasteiger partial charge in [-0.3, -0.25) is 0 Å². The van der Waals surface area contributed by atoms with Crippen molar-refractivity contribution < 1.29 is 5.11 Å². The third kappa shape index (κ3) is 3.63. The van der Waals surface area contributed by atoms with E-state index in [0.29, 0.717) is 12.0 Å². The Morgan fingerprint density at radius 2 is 2.06 bits per heavy atom. The molecule has 0 aliphatic heterocycles. The van der Waals surface area contributed by atoms with Crippen LogP contribution in [0.1, 0.15) is 45.3 Å². The third-order valence-electron chi connectivity index (χ3n) is 3.10. The van der Waals surface area contributed by atoms with Crippen LogP contribution in [0.3, 0.4) is 0 Å². The molecule has 18 heavy (non-hydrogen) atoms. The number of anilines is 2. The van der Waals surface area contributed by atoms with Gasteiger partial charge in [0.1, 0.15) is 5.82 Å². The van der Waals surface area contributed by atoms with E-state index >= 15 is 0 Å². The number of nitrogens with one attached hydrogen (secondary N) is 1. The second-order valence-corrected chi connectivity index (χ2v) is 5.24. The van der Waals surface area contributed by atoms with E-state index in [1.807, 2.05) is 11.6 Å². The highest BCUT2D eigenvalue weighted by atomic mass is 16.3. The molecule has 1 unspecified atom stereocenters. The molecule has 5 heteroatoms. The lowest BCUT2D eigenvalue weighted by Crippen LogP contribution is -2.13. The lowest BCUT2D eigenvalue weighted by molar-refractivity contribution is 0.229. The van der Waals surface area contributed by atoms with Crippen LogP contribution in [-0.2, 0) is 0 Å². The molecule has 4 N–H and O–H groups in total. The Labute approximate surface area is 109 Å². The van der Waals surface area contributed by atoms with Gasteiger partial charge in [-0.1, -0.05) is 6.92 Å². The van der Waals surface area contributed by atoms with Gasteiger partial charge in [0.2, 0.25) is 0 Å². The number of aryl methyl sites for hydroxylation is 1. The zero-order chi connectivity index (χ0) is 13.7. The third-order valence-corrected chi connectivity index (χ3v) is 3.10. The van der Waals surface area contributed by atoms with Gasteiger partial charge >= 0.3 is 0 Å². The fourth-order valence-corrected chi connectivity index (χ4v) is 1.86. The first kappa shape index (κ1) is 14.8. The SMILES string of the molecule is Cc1nn(C(C)C)c(NCCCC(C)CO)c1N. The summed E-state index contributed by atoms with van der Waals surface area (Å²) in [4.78, 5) is 0. The Morgan fingerprint density at radius 3 is 2.61 bits per heavy atom. The van der Waals surface area contributed by atoms with Gasteiger partial charge in [0, 0.05) is 19.2 Å². The van der Waals surface area contributed by atoms with E-state index in [-0.39, 0.29) is 6.61 Å². The number of nitrogen functional groups attached to an aromatic ring is 1. The van der Waals surface area contributed by atoms with Crippen LogP contribution in [0.2, 0.25) is 0 Å². The number of aromatic nitrogens is 2. The Morgan fingerprint density at radius 1 is 1.39 bits per heavy atom. The van der Waals surface area contributed by atoms with Crippen LogP contribution >= 0.6 is 0 Å². The molecule has 0 aliphatic carbocycles. The zero-order valence-electron chi connectivity index (χ0n) is 11.9. The van der Waals surface area contributed by atoms with Crippen molar-refractivity contribution in [3.8, 4) is 0 Å². The van der Waals surface area contributed by atoms with Crippen LogP contribution in [0.25, 0.3) is 0 Å². The fourth-order valence-electron chi connectivity index (χ4n) is 1.86. The van der Waals surface area contributed by atoms with Gasteiger partial charge in [-0.25, -0.2) is 4.68 Å². The summed E-state index contributed by atoms with van der Waals surface area (Å²) in [5.74, 6) is 1.28. The number of aliphatic hydroxyl groups is 1. The van der Waals surface area contributed by atoms with Crippen molar-refractivity contribution in [1.29, 1.82) is 0 Å². The molecule has 104 valence electrons. The molecular formula is C13H26N4O. The zero-order valence-corrected chi connectivity index (χ0v) is 11.9. The highest BCUT2D eigenvalue weighted by Crippen LogP contribution is 2.25. The van der Waals surface area contributed by atoms with Gasteiger partial charge in [0.15, 0.2) is 0 Å². The van der Waals surface area contributed by atoms with Crippen LogP contribution in [0, 0.1) is 12.8 Å². The maximum absolute atomic E-state index is 8.96. The highest BCUT2D eigenvalue weighted by Gasteiger charge is 2.13. The summed E-state index contributed by atoms with van der Waals surface area (Å²) < 4.78 is 1.93. The van der Waals surface area contributed by atoms with E-state index in [1.165, 1.54) is 0 Å². The second kappa shape index (κ2) is 6.64. The molecule has 1 atom stereocenters. The predicted octanol–water partition coefficient (Wildman–Crippen LogP) is 2.18. The topological polar surface area (TPSA) is 76.1 Å². The van der Waals surface area contributed by atoms with Crippen molar-refractivity contribution in [3.63, 3.8) is 0 Å². The number of hydrogen-bond donors (Lipinski definition) is 3. The van der Waals surface area contributed by atoms with Crippen molar-refractivity contribution in [1.82, 2.24) is 9.78 Å². The molecule has 1 heterocycles. The minimum atomic E-state index is 0.255. The maximum Gasteiger partial charge on any atom is 0.148 e. The molecule has 1 aromatic heterocycles. The first-order valence-electron chi connectivity index (χ1n) is 6.66. The average Bonchev–Trinajstić information content (AvgIpc) is 2.62. The minimum absolute atomic E-state index is 0.255. The van der Waals surface area contributed by atoms with Crippen LogP contribution in [0.5, 0.6) is 0 Å². The first-order chi connectivity index (χ1) is 8.47. The Hall–Kier alpha value is -1.23. The number of nitrogens with zero attached hydrogens (tertiary/aromatic N) is 2. The Balaban J connectivity index is 2.56. The van der Waals surface area contributed by atoms with E-state index in [1.54, 1.807) is 0 Å². The quantitative estimate of drug-likeness (QED) is 0.652. The minimum Gasteiger partial charge on any atom is -0.396 e. The van der Waals surface area contributed by atoms with Crippen LogP contribution in [0.15, 0.2) is 0 Å². The summed E-state index contributed by atoms with van der Waals surface area (Å²) in [7, 11) is 0. The first-order valence-corrected chi connectivity index (χ1v) is 6.66. The average molecular weight is 254 g/mol. The summed E-state index contributed by atoms with van der Waals surface area (Å²) in [6, 6.07) is 0.292. The molecule has 0 saturated carbocycles. The van der Waals surface area contributed by atoms with Gasteiger partial charge < -0.3 is 16.2 Å². The lowest BCUT2D eigenvalue weighted by Gasteiger charge is -2.14. The van der Waals surface area contributed by atoms with E-state index in [4.69, 9.17) is 10.8 Å². The molecule has 0 bridgehead atoms. The molecule has 0 spiro atoms. The Kier molecular flexibility index (Phi) is 5.47. The van der Waals surface area contributed by atoms with Crippen LogP contribution in [-0.4, -0.2) is 28.0 Å². The van der Waals surface area contributed by atoms with E-state index in [0.717, 1.165) is 36.6 Å². The van der Waals surface area contributed by atoms with Gasteiger partial charge in [0.25, 0.3) is 0 Å². The summed E-state index contributed by atoms with van der Waals surface area (Å²) in [5.41, 5.74) is 7.63. The molecule has 0 aromatic carbocycles. The highest BCUT2D eigenvalue weighted by molar-refractivity contribution is 5.64. The van der Waals surface area contributed by atoms with Crippen LogP contribution in [0.4, 0.5) is 11.5 Å². The number of hydrogen-bond acceptors (Lipinski definition) is 4. The fraction of sp³-hybridized carbons (Fsp3) is 0.769. The van der Waals surface area contributed by atoms with Crippen molar-refractivity contribution in [2.45, 2.75) is 46.6 Å². The normalized spacial score (nSPS) is 13.0. The molecule has 0 amide bonds. The van der Waals surface area contributed by atoms with Gasteiger partial charge in [-0.15, -0.1) is 0 Å². The van der Waals surface area contributed by atoms with Crippen LogP contribution < -0.4 is 11.1 Å². The number of aliphatic hydroxyl groups excluding tert-OH is 1. The van der Waals surface area contributed by atoms with Crippen molar-refractivity contribution in [3.05, 3.63) is 5.69 Å². The van der Waals surface area contributed by atoms with Gasteiger partial charge in [-0.2, -0.15) is 5.10 Å². The molecular weight excluding hydrogens is 228 g/mol. The molecule has 0 aliphatic rings. The summed E-state index contributed by atoms with van der Waals surface area (Å²) in [5, 5.41) is 16.7. The van der Waals surface area contributed by atoms with Gasteiger partial charge in [-0.05, 0) is 39.5 Å². The van der Waals surface area contributed by atoms with E-state index in [2.05, 4.69) is 31.2 Å². The van der Waals surface area contributed by atoms with E-state index in [9.17, 15) is 0 Å². The van der Waals surface area contributed by atoms with Crippen molar-refractivity contribution in [2.24, 2.45) is 5.92 Å². The molecule has 0 radical (unpaired) electrons. The van der Waals surface area contributed by atoms with E-state index < -0.39 is 0 Å². The van der Waals surface area contributed by atoms with Crippen molar-refractivity contribution in [2.75, 3.05) is 24.2 Å². The summed E-state index contributed by atoms with van der Waals surface area (Å²) in [6.45, 7) is 9.26. The molecule has 0 fully saturated rings. The standard InChI is InChI=1S/C13H26N4O/c1-9(2)17-13(12(14)11(4)16-17)15-7-5-6-10(3)8-18/h9-10,15,18H,5-8,14H2,1-4H3. The molecule has 5 nitrogen and oxygen atoms in total. The smallest absolute Gasteiger partial charge is 0.148 e. The number of nitrogens with two attached hydrogens (primary N) is 1. The monoisotopic (exact) mass is 254 g/mol. The summed E-state index contributed by atoms with van der Waals surface area (Å²) in [6.07, 6.45) is 2.03. The molecule has 0 saturated heterocycles. The maximum atomic E-state index is 8.96. The predicted molar refractivity (Wildman–Crippen MR) is 75.7 cm³/mol. The number of rotatable bonds is 7.